The Labute approximate surface area is 220 Å². The van der Waals surface area contributed by atoms with E-state index in [1.54, 1.807) is 0 Å². The molecule has 0 aromatic rings. The lowest BCUT2D eigenvalue weighted by Crippen LogP contribution is -2.05. The predicted octanol–water partition coefficient (Wildman–Crippen LogP) is 11.3. The zero-order chi connectivity index (χ0) is 25.7. The third kappa shape index (κ3) is 30.9. The summed E-state index contributed by atoms with van der Waals surface area (Å²) in [5.41, 5.74) is 0. The normalized spacial score (nSPS) is 11.9. The Morgan fingerprint density at radius 2 is 1.09 bits per heavy atom. The van der Waals surface area contributed by atoms with E-state index in [0.29, 0.717) is 13.0 Å². The van der Waals surface area contributed by atoms with Gasteiger partial charge in [-0.1, -0.05) is 141 Å². The SMILES string of the molecule is CCCCC/C=C\C/C=C\CCCCCCCC(=O)OCCCCCCCCCCCCC(C)C. The molecule has 0 amide bonds. The van der Waals surface area contributed by atoms with Gasteiger partial charge in [-0.25, -0.2) is 0 Å². The lowest BCUT2D eigenvalue weighted by Gasteiger charge is -2.06. The minimum absolute atomic E-state index is 0.00755. The molecule has 0 heterocycles. The fourth-order valence-electron chi connectivity index (χ4n) is 4.41. The Morgan fingerprint density at radius 1 is 0.600 bits per heavy atom. The molecule has 0 aromatic carbocycles. The van der Waals surface area contributed by atoms with Crippen LogP contribution in [0.15, 0.2) is 24.3 Å². The first kappa shape index (κ1) is 34.0. The Morgan fingerprint density at radius 3 is 1.66 bits per heavy atom. The molecule has 0 fully saturated rings. The monoisotopic (exact) mass is 490 g/mol. The quantitative estimate of drug-likeness (QED) is 0.0650. The first-order chi connectivity index (χ1) is 17.2. The van der Waals surface area contributed by atoms with Gasteiger partial charge in [0.15, 0.2) is 0 Å². The van der Waals surface area contributed by atoms with E-state index in [1.807, 2.05) is 0 Å². The lowest BCUT2D eigenvalue weighted by molar-refractivity contribution is -0.143. The molecule has 0 aliphatic rings. The minimum atomic E-state index is 0.00755. The number of unbranched alkanes of at least 4 members (excludes halogenated alkanes) is 17. The van der Waals surface area contributed by atoms with E-state index < -0.39 is 0 Å². The summed E-state index contributed by atoms with van der Waals surface area (Å²) in [5, 5.41) is 0. The Bertz CT molecular complexity index is 477. The molecule has 0 bridgehead atoms. The number of esters is 1. The second kappa shape index (κ2) is 29.2. The highest BCUT2D eigenvalue weighted by atomic mass is 16.5. The van der Waals surface area contributed by atoms with E-state index in [2.05, 4.69) is 45.1 Å². The van der Waals surface area contributed by atoms with Gasteiger partial charge in [-0.2, -0.15) is 0 Å². The molecule has 0 radical (unpaired) electrons. The Balaban J connectivity index is 3.24. The highest BCUT2D eigenvalue weighted by molar-refractivity contribution is 5.69. The van der Waals surface area contributed by atoms with Gasteiger partial charge in [-0.15, -0.1) is 0 Å². The van der Waals surface area contributed by atoms with Crippen molar-refractivity contribution in [2.45, 2.75) is 168 Å². The number of allylic oxidation sites excluding steroid dienone is 4. The number of hydrogen-bond donors (Lipinski definition) is 0. The summed E-state index contributed by atoms with van der Waals surface area (Å²) in [4.78, 5) is 11.9. The molecule has 0 aliphatic heterocycles. The maximum absolute atomic E-state index is 11.9. The van der Waals surface area contributed by atoms with Crippen molar-refractivity contribution in [3.63, 3.8) is 0 Å². The largest absolute Gasteiger partial charge is 0.466 e. The summed E-state index contributed by atoms with van der Waals surface area (Å²) in [6.45, 7) is 7.51. The molecule has 0 saturated heterocycles. The first-order valence-electron chi connectivity index (χ1n) is 15.6. The van der Waals surface area contributed by atoms with Gasteiger partial charge in [0.1, 0.15) is 0 Å². The average Bonchev–Trinajstić information content (AvgIpc) is 2.84. The molecule has 0 atom stereocenters. The van der Waals surface area contributed by atoms with Crippen LogP contribution in [0.25, 0.3) is 0 Å². The molecule has 0 spiro atoms. The van der Waals surface area contributed by atoms with Crippen LogP contribution in [-0.2, 0) is 9.53 Å². The van der Waals surface area contributed by atoms with E-state index in [0.717, 1.165) is 31.6 Å². The van der Waals surface area contributed by atoms with Gasteiger partial charge in [-0.3, -0.25) is 4.79 Å². The van der Waals surface area contributed by atoms with Crippen LogP contribution >= 0.6 is 0 Å². The predicted molar refractivity (Wildman–Crippen MR) is 156 cm³/mol. The minimum Gasteiger partial charge on any atom is -0.466 e. The first-order valence-corrected chi connectivity index (χ1v) is 15.6. The highest BCUT2D eigenvalue weighted by Gasteiger charge is 2.02. The molecule has 0 rings (SSSR count). The summed E-state index contributed by atoms with van der Waals surface area (Å²) >= 11 is 0. The molecule has 0 unspecified atom stereocenters. The molecule has 2 heteroatoms. The van der Waals surface area contributed by atoms with E-state index in [1.165, 1.54) is 116 Å². The Kier molecular flexibility index (Phi) is 28.3. The molecule has 2 nitrogen and oxygen atoms in total. The van der Waals surface area contributed by atoms with Gasteiger partial charge in [0.05, 0.1) is 6.61 Å². The van der Waals surface area contributed by atoms with Crippen LogP contribution in [0.2, 0.25) is 0 Å². The van der Waals surface area contributed by atoms with Crippen molar-refractivity contribution in [2.24, 2.45) is 5.92 Å². The average molecular weight is 491 g/mol. The molecule has 0 N–H and O–H groups in total. The zero-order valence-electron chi connectivity index (χ0n) is 24.2. The number of carbonyl (C=O) groups excluding carboxylic acids is 1. The molecule has 0 aliphatic carbocycles. The smallest absolute Gasteiger partial charge is 0.305 e. The summed E-state index contributed by atoms with van der Waals surface area (Å²) in [7, 11) is 0. The summed E-state index contributed by atoms with van der Waals surface area (Å²) in [5.74, 6) is 0.868. The standard InChI is InChI=1S/C33H62O2/c1-4-5-6-7-8-9-10-11-12-13-14-18-21-24-27-30-33(34)35-31-28-25-22-19-16-15-17-20-23-26-29-32(2)3/h8-9,11-12,32H,4-7,10,13-31H2,1-3H3/b9-8-,12-11-. The summed E-state index contributed by atoms with van der Waals surface area (Å²) in [6, 6.07) is 0. The van der Waals surface area contributed by atoms with Gasteiger partial charge in [0, 0.05) is 6.42 Å². The van der Waals surface area contributed by atoms with Gasteiger partial charge >= 0.3 is 5.97 Å². The molecule has 0 aromatic heterocycles. The second-order valence-electron chi connectivity index (χ2n) is 10.9. The number of carbonyl (C=O) groups is 1. The number of hydrogen-bond acceptors (Lipinski definition) is 2. The van der Waals surface area contributed by atoms with E-state index >= 15 is 0 Å². The van der Waals surface area contributed by atoms with Crippen LogP contribution in [0.3, 0.4) is 0 Å². The molecule has 206 valence electrons. The van der Waals surface area contributed by atoms with Crippen molar-refractivity contribution in [1.82, 2.24) is 0 Å². The van der Waals surface area contributed by atoms with Crippen LogP contribution in [0.5, 0.6) is 0 Å². The van der Waals surface area contributed by atoms with Gasteiger partial charge < -0.3 is 4.74 Å². The van der Waals surface area contributed by atoms with Crippen LogP contribution in [0.4, 0.5) is 0 Å². The van der Waals surface area contributed by atoms with Crippen LogP contribution < -0.4 is 0 Å². The van der Waals surface area contributed by atoms with E-state index in [-0.39, 0.29) is 5.97 Å². The van der Waals surface area contributed by atoms with Gasteiger partial charge in [-0.05, 0) is 50.9 Å². The second-order valence-corrected chi connectivity index (χ2v) is 10.9. The fraction of sp³-hybridized carbons (Fsp3) is 0.848. The van der Waals surface area contributed by atoms with Crippen molar-refractivity contribution in [2.75, 3.05) is 6.61 Å². The highest BCUT2D eigenvalue weighted by Crippen LogP contribution is 2.14. The summed E-state index contributed by atoms with van der Waals surface area (Å²) in [6.07, 6.45) is 37.9. The number of ether oxygens (including phenoxy) is 1. The van der Waals surface area contributed by atoms with Crippen molar-refractivity contribution >= 4 is 5.97 Å². The molecule has 35 heavy (non-hydrogen) atoms. The van der Waals surface area contributed by atoms with Crippen LogP contribution in [0, 0.1) is 5.92 Å². The third-order valence-electron chi connectivity index (χ3n) is 6.77. The summed E-state index contributed by atoms with van der Waals surface area (Å²) < 4.78 is 5.41. The molecular formula is C33H62O2. The van der Waals surface area contributed by atoms with Crippen LogP contribution in [0.1, 0.15) is 168 Å². The number of rotatable bonds is 27. The van der Waals surface area contributed by atoms with Crippen molar-refractivity contribution in [3.05, 3.63) is 24.3 Å². The maximum atomic E-state index is 11.9. The van der Waals surface area contributed by atoms with Crippen molar-refractivity contribution < 1.29 is 9.53 Å². The molecule has 0 saturated carbocycles. The topological polar surface area (TPSA) is 26.3 Å². The Hall–Kier alpha value is -1.05. The van der Waals surface area contributed by atoms with Crippen molar-refractivity contribution in [3.8, 4) is 0 Å². The molecular weight excluding hydrogens is 428 g/mol. The zero-order valence-corrected chi connectivity index (χ0v) is 24.2. The lowest BCUT2D eigenvalue weighted by atomic mass is 10.0. The van der Waals surface area contributed by atoms with E-state index in [9.17, 15) is 4.79 Å². The van der Waals surface area contributed by atoms with Gasteiger partial charge in [0.2, 0.25) is 0 Å². The van der Waals surface area contributed by atoms with E-state index in [4.69, 9.17) is 4.74 Å². The fourth-order valence-corrected chi connectivity index (χ4v) is 4.41. The third-order valence-corrected chi connectivity index (χ3v) is 6.77. The van der Waals surface area contributed by atoms with Crippen molar-refractivity contribution in [1.29, 1.82) is 0 Å². The van der Waals surface area contributed by atoms with Gasteiger partial charge in [0.25, 0.3) is 0 Å². The van der Waals surface area contributed by atoms with Crippen LogP contribution in [-0.4, -0.2) is 12.6 Å². The maximum Gasteiger partial charge on any atom is 0.305 e.